The average Bonchev–Trinajstić information content (AvgIpc) is 0.711. The smallest absolute Gasteiger partial charge is 0.255 e. The predicted octanol–water partition coefficient (Wildman–Crippen LogP) is 0.749. The van der Waals surface area contributed by atoms with Gasteiger partial charge >= 0.3 is 0 Å². The van der Waals surface area contributed by atoms with Crippen molar-refractivity contribution in [2.45, 2.75) is 63.7 Å². The number of ether oxygens (including phenoxy) is 2. The van der Waals surface area contributed by atoms with Crippen molar-refractivity contribution in [3.05, 3.63) is 238 Å². The Morgan fingerprint density at radius 1 is 0.551 bits per heavy atom. The molecular formula is C78H68B19N4O17. The molecule has 118 heavy (non-hydrogen) atoms. The van der Waals surface area contributed by atoms with Crippen LogP contribution < -0.4 is 26.3 Å². The number of ketones is 4. The van der Waals surface area contributed by atoms with Crippen LogP contribution in [0.4, 0.5) is 0 Å². The van der Waals surface area contributed by atoms with Crippen LogP contribution in [0.1, 0.15) is 71.3 Å². The number of rotatable bonds is 17. The highest BCUT2D eigenvalue weighted by molar-refractivity contribution is 8.18. The van der Waals surface area contributed by atoms with Gasteiger partial charge in [0.05, 0.1) is 25.3 Å². The molecule has 40 heteroatoms. The number of aliphatic hydroxyl groups excluding tert-OH is 4. The van der Waals surface area contributed by atoms with Gasteiger partial charge in [-0.05, 0) is 235 Å². The van der Waals surface area contributed by atoms with Crippen molar-refractivity contribution in [2.75, 3.05) is 42.4 Å². The number of phenolic OH excluding ortho intramolecular Hbond substituents is 2. The second kappa shape index (κ2) is 43.7. The van der Waals surface area contributed by atoms with Gasteiger partial charge in [0.1, 0.15) is 63.5 Å². The van der Waals surface area contributed by atoms with Crippen molar-refractivity contribution in [3.63, 3.8) is 0 Å². The summed E-state index contributed by atoms with van der Waals surface area (Å²) < 4.78 is 11.1. The van der Waals surface area contributed by atoms with Crippen LogP contribution in [0.5, 0.6) is 23.0 Å². The third kappa shape index (κ3) is 21.5. The van der Waals surface area contributed by atoms with E-state index in [1.54, 1.807) is 37.4 Å². The summed E-state index contributed by atoms with van der Waals surface area (Å²) in [6.07, 6.45) is -5.39. The quantitative estimate of drug-likeness (QED) is 0.0301. The van der Waals surface area contributed by atoms with Crippen molar-refractivity contribution < 1.29 is 83.9 Å². The zero-order chi connectivity index (χ0) is 87.2. The van der Waals surface area contributed by atoms with Crippen LogP contribution in [0.25, 0.3) is 33.8 Å². The van der Waals surface area contributed by atoms with Gasteiger partial charge < -0.3 is 72.0 Å². The van der Waals surface area contributed by atoms with E-state index in [0.717, 1.165) is 11.1 Å². The lowest BCUT2D eigenvalue weighted by Gasteiger charge is -2.46. The Kier molecular flexibility index (Phi) is 36.0. The highest BCUT2D eigenvalue weighted by atomic mass is 16.5. The first kappa shape index (κ1) is 97.2. The Balaban J connectivity index is 0.000000291. The second-order valence-electron chi connectivity index (χ2n) is 27.7. The normalized spacial score (nSPS) is 18.1. The van der Waals surface area contributed by atoms with Gasteiger partial charge in [0.2, 0.25) is 11.6 Å². The molecule has 10 rings (SSSR count). The summed E-state index contributed by atoms with van der Waals surface area (Å²) in [5.74, 6) is -12.4. The summed E-state index contributed by atoms with van der Waals surface area (Å²) in [7, 11) is 69.1. The number of Topliss-reactive ketones (excluding diaryl/α,β-unsaturated/α-hetero) is 4. The lowest BCUT2D eigenvalue weighted by atomic mass is 8.40. The van der Waals surface area contributed by atoms with Crippen LogP contribution in [0.3, 0.4) is 0 Å². The van der Waals surface area contributed by atoms with Crippen LogP contribution >= 0.6 is 0 Å². The molecule has 2 saturated carbocycles. The predicted molar refractivity (Wildman–Crippen MR) is 472 cm³/mol. The van der Waals surface area contributed by atoms with Crippen LogP contribution in [0.15, 0.2) is 205 Å². The number of benzene rings is 4. The molecule has 6 aliphatic carbocycles. The molecule has 0 spiro atoms. The number of fused-ring (bicyclic) bond motifs is 6. The monoisotopic (exact) mass is 1540 g/mol. The van der Waals surface area contributed by atoms with Gasteiger partial charge in [-0.3, -0.25) is 33.6 Å². The Morgan fingerprint density at radius 3 is 1.19 bits per heavy atom. The molecule has 4 aromatic rings. The lowest BCUT2D eigenvalue weighted by molar-refractivity contribution is -0.148. The fourth-order valence-corrected chi connectivity index (χ4v) is 15.1. The molecule has 6 aliphatic rings. The van der Waals surface area contributed by atoms with Gasteiger partial charge in [0.25, 0.3) is 11.8 Å². The molecule has 0 aliphatic heterocycles. The minimum atomic E-state index is -2.62. The number of aliphatic hydroxyl groups is 6. The van der Waals surface area contributed by atoms with Crippen LogP contribution in [0, 0.1) is 23.7 Å². The Labute approximate surface area is 703 Å². The number of carbonyl (C=O) groups excluding carboxylic acids is 7. The zero-order valence-electron chi connectivity index (χ0n) is 64.8. The minimum absolute atomic E-state index is 0. The van der Waals surface area contributed by atoms with Gasteiger partial charge in [-0.1, -0.05) is 37.1 Å². The van der Waals surface area contributed by atoms with E-state index >= 15 is 0 Å². The first-order chi connectivity index (χ1) is 55.4. The van der Waals surface area contributed by atoms with E-state index < -0.39 is 162 Å². The van der Waals surface area contributed by atoms with E-state index in [4.69, 9.17) is 98.3 Å². The molecule has 21 nitrogen and oxygen atoms in total. The number of carbonyl (C=O) groups is 7. The number of hydrogen-bond donors (Lipinski definition) is 11. The Bertz CT molecular complexity index is 5410. The van der Waals surface area contributed by atoms with E-state index in [1.165, 1.54) is 26.3 Å². The molecule has 0 unspecified atom stereocenters. The number of amides is 2. The number of nitrogens with two attached hydrogens (primary N) is 2. The summed E-state index contributed by atoms with van der Waals surface area (Å²) >= 11 is 0. The second-order valence-corrected chi connectivity index (χ2v) is 27.7. The molecule has 2 amide bonds. The number of aldehydes is 1. The SMILES string of the molecule is C.C=C=C=C=C=C=C=C=C=C=C=C=C=C=C=C=C=C=C.CNC.COc1ccc(C=O)cc1-c1ccc(O)c2c1C[C@H]1C[C@H]3CC(=O)C(C(N)=O)=C(O)[C@@]3(O)C(=O)C1=C2O.COc1ccc(CN(C)C)cc1-c1ccc(O)c2c1C[C@H]1C[C@H]3CC(=O)C(C(N)=O)=C(O)[C@@]3(O)C(=O)C1=C2O.[B][B]B([B])B(B(B([B])[B])B([B])[B])B(B([B])[B])B([B])[B]. The lowest BCUT2D eigenvalue weighted by Crippen LogP contribution is -2.79. The summed E-state index contributed by atoms with van der Waals surface area (Å²) in [6, 6.07) is 16.6. The fraction of sp³-hybridized carbons (Fsp3) is 0.256. The number of nitrogens with zero attached hydrogens (tertiary/aromatic N) is 1. The third-order valence-corrected chi connectivity index (χ3v) is 20.0. The summed E-state index contributed by atoms with van der Waals surface area (Å²) in [6.45, 7) is 7.26. The third-order valence-electron chi connectivity index (χ3n) is 20.0. The first-order valence-corrected chi connectivity index (χ1v) is 35.7. The number of phenols is 2. The molecule has 6 atom stereocenters. The number of aromatic hydroxyl groups is 2. The van der Waals surface area contributed by atoms with Crippen LogP contribution in [0.2, 0.25) is 0 Å². The molecule has 2 fully saturated rings. The molecule has 0 aromatic heterocycles. The van der Waals surface area contributed by atoms with E-state index in [2.05, 4.69) is 116 Å². The maximum atomic E-state index is 13.7. The zero-order valence-corrected chi connectivity index (χ0v) is 64.8. The highest BCUT2D eigenvalue weighted by Gasteiger charge is 2.62. The maximum Gasteiger partial charge on any atom is 0.255 e. The van der Waals surface area contributed by atoms with Crippen molar-refractivity contribution >= 4 is 188 Å². The molecule has 13 N–H and O–H groups in total. The number of methoxy groups -OCH3 is 2. The summed E-state index contributed by atoms with van der Waals surface area (Å²) in [5.41, 5.74) is 50.0. The topological polar surface area (TPSA) is 367 Å². The van der Waals surface area contributed by atoms with Gasteiger partial charge in [0.15, 0.2) is 22.8 Å². The van der Waals surface area contributed by atoms with E-state index in [0.29, 0.717) is 57.7 Å². The van der Waals surface area contributed by atoms with Gasteiger partial charge in [-0.25, -0.2) is 0 Å². The number of primary amides is 2. The van der Waals surface area contributed by atoms with Gasteiger partial charge in [-0.15, -0.1) is 0 Å². The van der Waals surface area contributed by atoms with Crippen molar-refractivity contribution in [1.29, 1.82) is 0 Å². The Hall–Kier alpha value is -11.4. The minimum Gasteiger partial charge on any atom is -0.508 e. The maximum absolute atomic E-state index is 13.7. The average molecular weight is 1540 g/mol. The summed E-state index contributed by atoms with van der Waals surface area (Å²) in [4.78, 5) is 89.4. The Morgan fingerprint density at radius 2 is 0.890 bits per heavy atom. The molecule has 559 valence electrons. The standard InChI is InChI=1S/C29H30N2O8.C27H23NO9.C19H4.C2H7N.CH4.B19/c1-31(2)12-13-4-7-21(39-3)17(8-13)16-5-6-19(32)23-18(16)10-14-9-15-11-20(33)24(28(30)37)27(36)29(15,38)26(35)22(14)25(23)34;1-37-19-5-2-11(10-29)6-15(19)14-3-4-17(30)21-16(14)8-12-7-13-9-18(31)22(26(28)35)25(34)27(13,36)24(33)20(12)23(21)32;1-3-5-7-9-11-13-15-17-19-18-16-14-12-10-8-6-4-2;1-3-2;;1-11-16(10)19(17(12(2)3)13(4)5)18(14(6)7)15(8)9/h4-8,14-15,32,34,36,38H,9-12H2,1-3H3,(H2,30,37);2-6,10,12-13,30,32,34,36H,7-9H2,1H3,(H2,28,35);1-2H2;3H,1-2H3;1H4;/t14-,15+,29+;12-,13+,27+;;;;/m11..../s1. The van der Waals surface area contributed by atoms with Gasteiger partial charge in [-0.2, -0.15) is 0 Å². The number of nitrogens with one attached hydrogen (secondary N) is 1. The van der Waals surface area contributed by atoms with Gasteiger partial charge in [0, 0.05) is 195 Å². The first-order valence-electron chi connectivity index (χ1n) is 35.7. The van der Waals surface area contributed by atoms with E-state index in [1.807, 2.05) is 51.3 Å². The largest absolute Gasteiger partial charge is 0.508 e. The number of hydrogen-bond acceptors (Lipinski definition) is 19. The fourth-order valence-electron chi connectivity index (χ4n) is 15.1. The summed E-state index contributed by atoms with van der Waals surface area (Å²) in [5, 5.41) is 91.0. The molecular weight excluding hydrogens is 1470 g/mol. The molecule has 21 radical (unpaired) electrons. The molecule has 0 heterocycles. The van der Waals surface area contributed by atoms with Crippen LogP contribution in [-0.2, 0) is 48.2 Å². The molecule has 0 saturated heterocycles. The highest BCUT2D eigenvalue weighted by Crippen LogP contribution is 2.56. The molecule has 4 aromatic carbocycles. The van der Waals surface area contributed by atoms with Crippen LogP contribution in [-0.4, -0.2) is 276 Å². The molecule has 0 bridgehead atoms. The van der Waals surface area contributed by atoms with Crippen molar-refractivity contribution in [3.8, 4) is 45.3 Å². The van der Waals surface area contributed by atoms with Crippen molar-refractivity contribution in [1.82, 2.24) is 10.2 Å². The van der Waals surface area contributed by atoms with Crippen molar-refractivity contribution in [2.24, 2.45) is 35.1 Å². The van der Waals surface area contributed by atoms with E-state index in [-0.39, 0.29) is 73.3 Å². The van der Waals surface area contributed by atoms with E-state index in [9.17, 15) is 74.4 Å².